The third-order valence-corrected chi connectivity index (χ3v) is 7.21. The molecule has 1 saturated heterocycles. The summed E-state index contributed by atoms with van der Waals surface area (Å²) in [5.74, 6) is 2.12. The number of piperazine rings is 1. The van der Waals surface area contributed by atoms with Gasteiger partial charge < -0.3 is 19.2 Å². The highest BCUT2D eigenvalue weighted by molar-refractivity contribution is 6.30. The Hall–Kier alpha value is -4.03. The maximum absolute atomic E-state index is 12.8. The molecule has 2 aliphatic rings. The van der Waals surface area contributed by atoms with Gasteiger partial charge in [0, 0.05) is 37.3 Å². The number of carbonyl (C=O) groups excluding carboxylic acids is 1. The number of fused-ring (bicyclic) bond motifs is 1. The van der Waals surface area contributed by atoms with E-state index in [1.807, 2.05) is 38.1 Å². The third kappa shape index (κ3) is 6.49. The molecule has 0 radical (unpaired) electrons. The SMILES string of the molecule is CCOc1ccccc1N1Oc2cc(N(O)O)ccc2N=C1C(C)N1CCN(C(=O)COc2ccc(Cl)cc2)CC1. The number of hydrogen-bond donors (Lipinski definition) is 2. The largest absolute Gasteiger partial charge is 0.492 e. The molecule has 5 rings (SSSR count). The van der Waals surface area contributed by atoms with Crippen LogP contribution in [0.5, 0.6) is 17.2 Å². The van der Waals surface area contributed by atoms with Crippen molar-refractivity contribution < 1.29 is 29.5 Å². The lowest BCUT2D eigenvalue weighted by Crippen LogP contribution is -2.57. The van der Waals surface area contributed by atoms with Crippen LogP contribution in [0.3, 0.4) is 0 Å². The Morgan fingerprint density at radius 2 is 1.78 bits per heavy atom. The van der Waals surface area contributed by atoms with E-state index < -0.39 is 0 Å². The first-order chi connectivity index (χ1) is 19.8. The van der Waals surface area contributed by atoms with Crippen molar-refractivity contribution in [2.45, 2.75) is 19.9 Å². The zero-order valence-electron chi connectivity index (χ0n) is 22.8. The monoisotopic (exact) mass is 581 g/mol. The smallest absolute Gasteiger partial charge is 0.260 e. The van der Waals surface area contributed by atoms with E-state index in [0.29, 0.717) is 72.3 Å². The molecule has 0 aliphatic carbocycles. The molecule has 216 valence electrons. The fourth-order valence-electron chi connectivity index (χ4n) is 4.73. The Bertz CT molecular complexity index is 1390. The van der Waals surface area contributed by atoms with E-state index in [0.717, 1.165) is 0 Å². The Labute approximate surface area is 243 Å². The van der Waals surface area contributed by atoms with Crippen LogP contribution >= 0.6 is 11.6 Å². The predicted molar refractivity (Wildman–Crippen MR) is 155 cm³/mol. The topological polar surface area (TPSA) is 111 Å². The quantitative estimate of drug-likeness (QED) is 0.345. The highest BCUT2D eigenvalue weighted by Gasteiger charge is 2.34. The second kappa shape index (κ2) is 12.6. The van der Waals surface area contributed by atoms with E-state index in [2.05, 4.69) is 4.90 Å². The van der Waals surface area contributed by atoms with E-state index >= 15 is 0 Å². The van der Waals surface area contributed by atoms with Gasteiger partial charge in [0.15, 0.2) is 18.2 Å². The first kappa shape index (κ1) is 28.5. The van der Waals surface area contributed by atoms with Crippen LogP contribution in [-0.4, -0.2) is 77.4 Å². The number of rotatable bonds is 9. The fourth-order valence-corrected chi connectivity index (χ4v) is 4.86. The lowest BCUT2D eigenvalue weighted by molar-refractivity contribution is -0.135. The van der Waals surface area contributed by atoms with E-state index in [9.17, 15) is 15.2 Å². The number of hydrogen-bond acceptors (Lipinski definition) is 10. The minimum atomic E-state index is -0.188. The van der Waals surface area contributed by atoms with Crippen LogP contribution in [0.25, 0.3) is 0 Å². The zero-order chi connectivity index (χ0) is 28.9. The van der Waals surface area contributed by atoms with Gasteiger partial charge in [-0.2, -0.15) is 5.06 Å². The van der Waals surface area contributed by atoms with Crippen molar-refractivity contribution in [1.29, 1.82) is 0 Å². The maximum atomic E-state index is 12.8. The molecule has 12 heteroatoms. The number of carbonyl (C=O) groups is 1. The zero-order valence-corrected chi connectivity index (χ0v) is 23.6. The number of aliphatic imine (C=N–C) groups is 1. The van der Waals surface area contributed by atoms with Gasteiger partial charge in [0.25, 0.3) is 5.91 Å². The van der Waals surface area contributed by atoms with Crippen molar-refractivity contribution >= 4 is 40.4 Å². The number of ether oxygens (including phenoxy) is 2. The van der Waals surface area contributed by atoms with Crippen molar-refractivity contribution in [1.82, 2.24) is 9.80 Å². The summed E-state index contributed by atoms with van der Waals surface area (Å²) in [7, 11) is 0. The number of para-hydroxylation sites is 2. The molecule has 0 bridgehead atoms. The summed E-state index contributed by atoms with van der Waals surface area (Å²) in [6.07, 6.45) is 0. The Balaban J connectivity index is 1.32. The first-order valence-electron chi connectivity index (χ1n) is 13.3. The number of hydroxylamine groups is 1. The summed E-state index contributed by atoms with van der Waals surface area (Å²) >= 11 is 5.92. The van der Waals surface area contributed by atoms with Crippen LogP contribution in [-0.2, 0) is 4.79 Å². The molecule has 0 spiro atoms. The second-order valence-corrected chi connectivity index (χ2v) is 9.97. The minimum absolute atomic E-state index is 0.0330. The van der Waals surface area contributed by atoms with E-state index in [1.54, 1.807) is 40.3 Å². The van der Waals surface area contributed by atoms with Gasteiger partial charge in [-0.15, -0.1) is 5.23 Å². The van der Waals surface area contributed by atoms with E-state index in [4.69, 9.17) is 30.9 Å². The molecule has 0 saturated carbocycles. The van der Waals surface area contributed by atoms with Gasteiger partial charge in [-0.3, -0.25) is 20.1 Å². The van der Waals surface area contributed by atoms with Gasteiger partial charge in [0.1, 0.15) is 22.9 Å². The van der Waals surface area contributed by atoms with Crippen molar-refractivity contribution in [3.63, 3.8) is 0 Å². The molecule has 2 heterocycles. The van der Waals surface area contributed by atoms with Crippen LogP contribution in [0.2, 0.25) is 5.02 Å². The Kier molecular flexibility index (Phi) is 8.79. The minimum Gasteiger partial charge on any atom is -0.492 e. The highest BCUT2D eigenvalue weighted by Crippen LogP contribution is 2.40. The highest BCUT2D eigenvalue weighted by atomic mass is 35.5. The first-order valence-corrected chi connectivity index (χ1v) is 13.7. The normalized spacial score (nSPS) is 15.9. The lowest BCUT2D eigenvalue weighted by Gasteiger charge is -2.41. The van der Waals surface area contributed by atoms with Crippen LogP contribution in [0.15, 0.2) is 71.7 Å². The number of halogens is 1. The lowest BCUT2D eigenvalue weighted by atomic mass is 10.1. The number of amidine groups is 1. The molecule has 1 fully saturated rings. The summed E-state index contributed by atoms with van der Waals surface area (Å²) < 4.78 is 11.5. The van der Waals surface area contributed by atoms with Crippen molar-refractivity contribution in [2.24, 2.45) is 4.99 Å². The van der Waals surface area contributed by atoms with Crippen molar-refractivity contribution in [3.05, 3.63) is 71.8 Å². The maximum Gasteiger partial charge on any atom is 0.260 e. The molecular weight excluding hydrogens is 550 g/mol. The Morgan fingerprint density at radius 1 is 1.05 bits per heavy atom. The van der Waals surface area contributed by atoms with E-state index in [-0.39, 0.29) is 29.5 Å². The van der Waals surface area contributed by atoms with Crippen molar-refractivity contribution in [3.8, 4) is 17.2 Å². The van der Waals surface area contributed by atoms with Gasteiger partial charge in [0.05, 0.1) is 18.3 Å². The number of anilines is 2. The molecule has 0 aromatic heterocycles. The van der Waals surface area contributed by atoms with Crippen molar-refractivity contribution in [2.75, 3.05) is 49.7 Å². The summed E-state index contributed by atoms with van der Waals surface area (Å²) in [6.45, 7) is 6.72. The molecule has 11 nitrogen and oxygen atoms in total. The predicted octanol–water partition coefficient (Wildman–Crippen LogP) is 4.78. The molecular formula is C29H32ClN5O6. The average molecular weight is 582 g/mol. The summed E-state index contributed by atoms with van der Waals surface area (Å²) in [5.41, 5.74) is 1.35. The van der Waals surface area contributed by atoms with Crippen LogP contribution in [0.1, 0.15) is 13.8 Å². The Morgan fingerprint density at radius 3 is 2.49 bits per heavy atom. The van der Waals surface area contributed by atoms with Gasteiger partial charge >= 0.3 is 0 Å². The summed E-state index contributed by atoms with van der Waals surface area (Å²) in [6, 6.07) is 18.9. The van der Waals surface area contributed by atoms with Crippen LogP contribution in [0, 0.1) is 0 Å². The average Bonchev–Trinajstić information content (AvgIpc) is 3.00. The number of nitrogens with zero attached hydrogens (tertiary/aromatic N) is 5. The molecule has 1 unspecified atom stereocenters. The fraction of sp³-hybridized carbons (Fsp3) is 0.310. The van der Waals surface area contributed by atoms with Gasteiger partial charge in [-0.1, -0.05) is 23.7 Å². The molecule has 3 aromatic rings. The standard InChI is InChI=1S/C29H32ClN5O6/c1-3-39-26-7-5-4-6-25(26)34-29(31-24-13-10-22(35(37)38)18-27(24)41-34)20(2)32-14-16-33(17-15-32)28(36)19-40-23-11-8-21(30)9-12-23/h4-13,18,20,37-38H,3,14-17,19H2,1-2H3. The van der Waals surface area contributed by atoms with Gasteiger partial charge in [-0.05, 0) is 62.4 Å². The van der Waals surface area contributed by atoms with E-state index in [1.165, 1.54) is 12.1 Å². The molecule has 2 aliphatic heterocycles. The van der Waals surface area contributed by atoms with Gasteiger partial charge in [-0.25, -0.2) is 4.99 Å². The van der Waals surface area contributed by atoms with Crippen LogP contribution < -0.4 is 24.6 Å². The molecule has 3 aromatic carbocycles. The second-order valence-electron chi connectivity index (χ2n) is 9.53. The molecule has 1 amide bonds. The molecule has 41 heavy (non-hydrogen) atoms. The van der Waals surface area contributed by atoms with Crippen LogP contribution in [0.4, 0.5) is 17.1 Å². The van der Waals surface area contributed by atoms with Gasteiger partial charge in [0.2, 0.25) is 0 Å². The summed E-state index contributed by atoms with van der Waals surface area (Å²) in [4.78, 5) is 28.1. The number of amides is 1. The molecule has 1 atom stereocenters. The third-order valence-electron chi connectivity index (χ3n) is 6.96. The summed E-state index contributed by atoms with van der Waals surface area (Å²) in [5, 5.41) is 21.3. The molecule has 2 N–H and O–H groups in total. The number of benzene rings is 3.